The number of nitrogens with one attached hydrogen (secondary N) is 1. The summed E-state index contributed by atoms with van der Waals surface area (Å²) >= 11 is 0. The smallest absolute Gasteiger partial charge is 0.252 e. The van der Waals surface area contributed by atoms with Crippen molar-refractivity contribution in [2.24, 2.45) is 5.92 Å². The lowest BCUT2D eigenvalue weighted by atomic mass is 10.1. The van der Waals surface area contributed by atoms with Crippen LogP contribution < -0.4 is 5.32 Å². The number of carbonyl (C=O) groups is 1. The van der Waals surface area contributed by atoms with Gasteiger partial charge in [-0.3, -0.25) is 4.79 Å². The summed E-state index contributed by atoms with van der Waals surface area (Å²) in [4.78, 5) is 19.7. The molecular weight excluding hydrogens is 393 g/mol. The highest BCUT2D eigenvalue weighted by Crippen LogP contribution is 2.29. The third-order valence-corrected chi connectivity index (χ3v) is 5.68. The lowest BCUT2D eigenvalue weighted by Crippen LogP contribution is -2.38. The first-order valence-corrected chi connectivity index (χ1v) is 10.9. The summed E-state index contributed by atoms with van der Waals surface area (Å²) in [5, 5.41) is 3.05. The van der Waals surface area contributed by atoms with E-state index >= 15 is 0 Å². The molecule has 0 aliphatic carbocycles. The quantitative estimate of drug-likeness (QED) is 0.583. The fourth-order valence-electron chi connectivity index (χ4n) is 4.06. The molecule has 2 aromatic carbocycles. The van der Waals surface area contributed by atoms with Crippen molar-refractivity contribution < 1.29 is 13.6 Å². The molecule has 1 N–H and O–H groups in total. The number of rotatable bonds is 7. The van der Waals surface area contributed by atoms with Gasteiger partial charge in [-0.2, -0.15) is 0 Å². The maximum Gasteiger partial charge on any atom is 0.252 e. The standard InChI is InChI=1S/C25H28FN3O2/c1-18(17-29-13-7-2-8-14-29)15-27-24(30)19-9-3-4-10-20(19)25-28-16-23(31-25)21-11-5-6-12-22(21)26/h3-6,9-12,16,18H,2,7-8,13-15,17H2,1H3,(H,27,30)/t18-/m1/s1. The van der Waals surface area contributed by atoms with Crippen LogP contribution in [0.15, 0.2) is 59.1 Å². The van der Waals surface area contributed by atoms with E-state index in [4.69, 9.17) is 4.42 Å². The van der Waals surface area contributed by atoms with Gasteiger partial charge in [0.2, 0.25) is 5.89 Å². The van der Waals surface area contributed by atoms with Crippen molar-refractivity contribution >= 4 is 5.91 Å². The first-order chi connectivity index (χ1) is 15.1. The molecule has 0 spiro atoms. The number of piperidine rings is 1. The van der Waals surface area contributed by atoms with E-state index in [2.05, 4.69) is 22.1 Å². The van der Waals surface area contributed by atoms with Crippen LogP contribution in [0, 0.1) is 11.7 Å². The number of nitrogens with zero attached hydrogens (tertiary/aromatic N) is 2. The van der Waals surface area contributed by atoms with Crippen LogP contribution in [0.2, 0.25) is 0 Å². The van der Waals surface area contributed by atoms with Gasteiger partial charge in [0.15, 0.2) is 5.76 Å². The van der Waals surface area contributed by atoms with Crippen LogP contribution in [0.3, 0.4) is 0 Å². The van der Waals surface area contributed by atoms with Crippen LogP contribution in [0.1, 0.15) is 36.5 Å². The Labute approximate surface area is 182 Å². The van der Waals surface area contributed by atoms with E-state index in [9.17, 15) is 9.18 Å². The Kier molecular flexibility index (Phi) is 6.77. The molecule has 4 rings (SSSR count). The Balaban J connectivity index is 1.45. The zero-order chi connectivity index (χ0) is 21.6. The molecule has 162 valence electrons. The minimum Gasteiger partial charge on any atom is -0.436 e. The molecule has 0 unspecified atom stereocenters. The lowest BCUT2D eigenvalue weighted by Gasteiger charge is -2.29. The van der Waals surface area contributed by atoms with Gasteiger partial charge < -0.3 is 14.6 Å². The predicted molar refractivity (Wildman–Crippen MR) is 119 cm³/mol. The monoisotopic (exact) mass is 421 g/mol. The maximum atomic E-state index is 14.1. The number of carbonyl (C=O) groups excluding carboxylic acids is 1. The summed E-state index contributed by atoms with van der Waals surface area (Å²) < 4.78 is 19.9. The molecule has 31 heavy (non-hydrogen) atoms. The Morgan fingerprint density at radius 3 is 2.58 bits per heavy atom. The van der Waals surface area contributed by atoms with E-state index in [1.54, 1.807) is 30.3 Å². The summed E-state index contributed by atoms with van der Waals surface area (Å²) in [5.41, 5.74) is 1.43. The van der Waals surface area contributed by atoms with Crippen LogP contribution in [-0.4, -0.2) is 42.0 Å². The van der Waals surface area contributed by atoms with Crippen molar-refractivity contribution in [1.82, 2.24) is 15.2 Å². The molecule has 0 radical (unpaired) electrons. The number of hydrogen-bond donors (Lipinski definition) is 1. The molecule has 1 fully saturated rings. The first kappa shape index (κ1) is 21.2. The average molecular weight is 422 g/mol. The molecule has 5 nitrogen and oxygen atoms in total. The average Bonchev–Trinajstić information content (AvgIpc) is 3.28. The van der Waals surface area contributed by atoms with Crippen molar-refractivity contribution in [1.29, 1.82) is 0 Å². The van der Waals surface area contributed by atoms with E-state index in [1.165, 1.54) is 31.5 Å². The molecule has 3 aromatic rings. The van der Waals surface area contributed by atoms with E-state index < -0.39 is 0 Å². The van der Waals surface area contributed by atoms with Crippen LogP contribution in [0.25, 0.3) is 22.8 Å². The number of aromatic nitrogens is 1. The van der Waals surface area contributed by atoms with Gasteiger partial charge in [-0.05, 0) is 56.1 Å². The van der Waals surface area contributed by atoms with Crippen molar-refractivity contribution in [2.75, 3.05) is 26.2 Å². The number of oxazole rings is 1. The van der Waals surface area contributed by atoms with E-state index in [1.807, 2.05) is 12.1 Å². The van der Waals surface area contributed by atoms with Crippen molar-refractivity contribution in [3.05, 3.63) is 66.1 Å². The minimum absolute atomic E-state index is 0.160. The summed E-state index contributed by atoms with van der Waals surface area (Å²) in [6.45, 7) is 6.06. The lowest BCUT2D eigenvalue weighted by molar-refractivity contribution is 0.0943. The van der Waals surface area contributed by atoms with Gasteiger partial charge >= 0.3 is 0 Å². The van der Waals surface area contributed by atoms with Gasteiger partial charge in [-0.1, -0.05) is 37.6 Å². The highest BCUT2D eigenvalue weighted by molar-refractivity contribution is 6.00. The SMILES string of the molecule is C[C@H](CNC(=O)c1ccccc1-c1ncc(-c2ccccc2F)o1)CN1CCCCC1. The third-order valence-electron chi connectivity index (χ3n) is 5.68. The minimum atomic E-state index is -0.376. The van der Waals surface area contributed by atoms with Crippen LogP contribution in [0.4, 0.5) is 4.39 Å². The van der Waals surface area contributed by atoms with E-state index in [0.717, 1.165) is 19.6 Å². The molecule has 2 heterocycles. The van der Waals surface area contributed by atoms with E-state index in [-0.39, 0.29) is 11.7 Å². The predicted octanol–water partition coefficient (Wildman–Crippen LogP) is 5.00. The third kappa shape index (κ3) is 5.20. The number of hydrogen-bond acceptors (Lipinski definition) is 4. The van der Waals surface area contributed by atoms with Crippen molar-refractivity contribution in [3.8, 4) is 22.8 Å². The second-order valence-corrected chi connectivity index (χ2v) is 8.23. The second-order valence-electron chi connectivity index (χ2n) is 8.23. The maximum absolute atomic E-state index is 14.1. The van der Waals surface area contributed by atoms with Crippen LogP contribution >= 0.6 is 0 Å². The Morgan fingerprint density at radius 1 is 1.10 bits per heavy atom. The molecular formula is C25H28FN3O2. The molecule has 1 atom stereocenters. The molecule has 1 aromatic heterocycles. The van der Waals surface area contributed by atoms with Crippen LogP contribution in [0.5, 0.6) is 0 Å². The Morgan fingerprint density at radius 2 is 1.81 bits per heavy atom. The normalized spacial score (nSPS) is 15.5. The second kappa shape index (κ2) is 9.88. The highest BCUT2D eigenvalue weighted by Gasteiger charge is 2.19. The fraction of sp³-hybridized carbons (Fsp3) is 0.360. The largest absolute Gasteiger partial charge is 0.436 e. The zero-order valence-electron chi connectivity index (χ0n) is 17.8. The summed E-state index contributed by atoms with van der Waals surface area (Å²) in [5.74, 6) is 0.457. The number of amides is 1. The highest BCUT2D eigenvalue weighted by atomic mass is 19.1. The van der Waals surface area contributed by atoms with Gasteiger partial charge in [0, 0.05) is 18.7 Å². The first-order valence-electron chi connectivity index (χ1n) is 10.9. The van der Waals surface area contributed by atoms with Gasteiger partial charge in [0.05, 0.1) is 17.3 Å². The molecule has 1 saturated heterocycles. The van der Waals surface area contributed by atoms with Gasteiger partial charge in [-0.15, -0.1) is 0 Å². The topological polar surface area (TPSA) is 58.4 Å². The molecule has 1 amide bonds. The zero-order valence-corrected chi connectivity index (χ0v) is 17.8. The Hall–Kier alpha value is -2.99. The summed E-state index contributed by atoms with van der Waals surface area (Å²) in [6, 6.07) is 13.6. The number of halogens is 1. The fourth-order valence-corrected chi connectivity index (χ4v) is 4.06. The Bertz CT molecular complexity index is 1030. The molecule has 6 heteroatoms. The molecule has 1 aliphatic heterocycles. The van der Waals surface area contributed by atoms with Crippen LogP contribution in [-0.2, 0) is 0 Å². The summed E-state index contributed by atoms with van der Waals surface area (Å²) in [6.07, 6.45) is 5.33. The molecule has 1 aliphatic rings. The van der Waals surface area contributed by atoms with Gasteiger partial charge in [-0.25, -0.2) is 9.37 Å². The van der Waals surface area contributed by atoms with E-state index in [0.29, 0.717) is 40.8 Å². The van der Waals surface area contributed by atoms with Gasteiger partial charge in [0.25, 0.3) is 5.91 Å². The van der Waals surface area contributed by atoms with Crippen molar-refractivity contribution in [3.63, 3.8) is 0 Å². The number of benzene rings is 2. The molecule has 0 bridgehead atoms. The summed E-state index contributed by atoms with van der Waals surface area (Å²) in [7, 11) is 0. The van der Waals surface area contributed by atoms with Crippen molar-refractivity contribution in [2.45, 2.75) is 26.2 Å². The molecule has 0 saturated carbocycles. The number of likely N-dealkylation sites (tertiary alicyclic amines) is 1. The van der Waals surface area contributed by atoms with Gasteiger partial charge in [0.1, 0.15) is 5.82 Å².